The maximum atomic E-state index is 13.1. The topological polar surface area (TPSA) is 66.9 Å². The van der Waals surface area contributed by atoms with Crippen LogP contribution in [0.4, 0.5) is 0 Å². The maximum absolute atomic E-state index is 13.1. The number of nitrogens with zero attached hydrogens (tertiary/aromatic N) is 1. The van der Waals surface area contributed by atoms with E-state index >= 15 is 0 Å². The van der Waals surface area contributed by atoms with E-state index in [2.05, 4.69) is 5.97 Å². The molecule has 7 heteroatoms. The van der Waals surface area contributed by atoms with Crippen molar-refractivity contribution in [3.8, 4) is 5.97 Å². The number of halogens is 3. The van der Waals surface area contributed by atoms with Gasteiger partial charge >= 0.3 is 6.71 Å². The van der Waals surface area contributed by atoms with Crippen molar-refractivity contribution in [3.63, 3.8) is 0 Å². The van der Waals surface area contributed by atoms with E-state index in [1.54, 1.807) is 6.08 Å². The molecule has 1 aliphatic heterocycles. The molecule has 1 aromatic carbocycles. The van der Waals surface area contributed by atoms with Crippen LogP contribution in [0.15, 0.2) is 58.6 Å². The van der Waals surface area contributed by atoms with Gasteiger partial charge in [-0.15, -0.1) is 0 Å². The second-order valence-electron chi connectivity index (χ2n) is 8.14. The first-order valence-corrected chi connectivity index (χ1v) is 11.3. The number of carbonyl (C=O) groups excluding carboxylic acids is 1. The van der Waals surface area contributed by atoms with E-state index in [0.717, 1.165) is 17.6 Å². The minimum atomic E-state index is -0.858. The molecule has 0 radical (unpaired) electrons. The molecule has 3 nitrogen and oxygen atoms in total. The van der Waals surface area contributed by atoms with Gasteiger partial charge in [0, 0.05) is 38.9 Å². The Morgan fingerprint density at radius 2 is 2.00 bits per heavy atom. The van der Waals surface area contributed by atoms with Gasteiger partial charge in [0.05, 0.1) is 0 Å². The Morgan fingerprint density at radius 1 is 1.33 bits per heavy atom. The molecule has 0 spiro atoms. The number of nitriles is 1. The van der Waals surface area contributed by atoms with Crippen LogP contribution < -0.4 is 5.73 Å². The second kappa shape index (κ2) is 9.33. The molecule has 1 saturated carbocycles. The van der Waals surface area contributed by atoms with E-state index < -0.39 is 12.3 Å². The second-order valence-corrected chi connectivity index (χ2v) is 9.24. The third-order valence-electron chi connectivity index (χ3n) is 6.90. The first-order chi connectivity index (χ1) is 14.3. The molecule has 3 rings (SSSR count). The highest BCUT2D eigenvalue weighted by atomic mass is 35.5. The van der Waals surface area contributed by atoms with E-state index in [-0.39, 0.29) is 29.3 Å². The van der Waals surface area contributed by atoms with E-state index in [1.807, 2.05) is 50.3 Å². The molecule has 0 aromatic heterocycles. The molecule has 1 aromatic rings. The van der Waals surface area contributed by atoms with Gasteiger partial charge in [0.1, 0.15) is 5.68 Å². The van der Waals surface area contributed by atoms with Crippen LogP contribution in [0.2, 0.25) is 10.8 Å². The highest BCUT2D eigenvalue weighted by Crippen LogP contribution is 2.58. The number of fused-ring (bicyclic) bond motifs is 1. The zero-order chi connectivity index (χ0) is 22.1. The predicted octanol–water partition coefficient (Wildman–Crippen LogP) is 6.04. The molecular formula is C23H24BCl3N2O. The summed E-state index contributed by atoms with van der Waals surface area (Å²) in [5, 5.41) is 10.9. The fraction of sp³-hybridized carbons (Fsp3) is 0.391. The van der Waals surface area contributed by atoms with Gasteiger partial charge in [0.25, 0.3) is 0 Å². The molecule has 1 aliphatic carbocycles. The number of benzene rings is 1. The molecule has 2 N–H and O–H groups in total. The first kappa shape index (κ1) is 23.2. The van der Waals surface area contributed by atoms with Gasteiger partial charge in [-0.2, -0.15) is 0 Å². The summed E-state index contributed by atoms with van der Waals surface area (Å²) in [5.74, 6) is 1.34. The summed E-state index contributed by atoms with van der Waals surface area (Å²) in [6, 6.07) is 7.60. The monoisotopic (exact) mass is 460 g/mol. The minimum absolute atomic E-state index is 0.0308. The van der Waals surface area contributed by atoms with Crippen molar-refractivity contribution >= 4 is 47.2 Å². The lowest BCUT2D eigenvalue weighted by atomic mass is 9.41. The number of nitrogens with two attached hydrogens (primary N) is 1. The molecule has 30 heavy (non-hydrogen) atoms. The standard InChI is InChI=1S/C23H24BCl3N2O/c1-3-20(27)17(5-4-12-25)18-10-11-19-22(30)24(13-28)14(2)23(19,29)21(18)15-6-8-16(26)9-7-15/h3-9,12,14,18-19,21H,10-11,29H2,1-2H3/b12-4+,17-5-,20-3+. The van der Waals surface area contributed by atoms with Crippen molar-refractivity contribution in [2.24, 2.45) is 17.6 Å². The maximum Gasteiger partial charge on any atom is 0.349 e. The van der Waals surface area contributed by atoms with Gasteiger partial charge in [0.2, 0.25) is 0 Å². The molecule has 0 amide bonds. The summed E-state index contributed by atoms with van der Waals surface area (Å²) in [6.45, 7) is 3.12. The fourth-order valence-electron chi connectivity index (χ4n) is 5.46. The van der Waals surface area contributed by atoms with E-state index in [9.17, 15) is 10.1 Å². The van der Waals surface area contributed by atoms with Crippen molar-refractivity contribution in [2.45, 2.75) is 44.0 Å². The molecule has 5 atom stereocenters. The molecule has 0 bridgehead atoms. The SMILES string of the molecule is C\C=C(Cl)/C(=C\C=C\Cl)C1CCC2C(=O)B(C#N)C(C)C2(N)C1c1ccc(Cl)cc1. The van der Waals surface area contributed by atoms with Crippen LogP contribution in [0.1, 0.15) is 38.2 Å². The van der Waals surface area contributed by atoms with Crippen LogP contribution >= 0.6 is 34.8 Å². The summed E-state index contributed by atoms with van der Waals surface area (Å²) in [4.78, 5) is 13.1. The number of hydrogen-bond donors (Lipinski definition) is 1. The van der Waals surface area contributed by atoms with Crippen LogP contribution in [-0.2, 0) is 4.79 Å². The molecule has 1 heterocycles. The molecule has 1 saturated heterocycles. The predicted molar refractivity (Wildman–Crippen MR) is 126 cm³/mol. The summed E-state index contributed by atoms with van der Waals surface area (Å²) >= 11 is 18.6. The first-order valence-electron chi connectivity index (χ1n) is 10.1. The quantitative estimate of drug-likeness (QED) is 0.439. The lowest BCUT2D eigenvalue weighted by Crippen LogP contribution is -2.57. The molecule has 5 unspecified atom stereocenters. The Morgan fingerprint density at radius 3 is 2.57 bits per heavy atom. The Kier molecular flexibility index (Phi) is 7.20. The van der Waals surface area contributed by atoms with Crippen molar-refractivity contribution in [1.29, 1.82) is 5.26 Å². The zero-order valence-corrected chi connectivity index (χ0v) is 19.3. The highest BCUT2D eigenvalue weighted by Gasteiger charge is 2.64. The third kappa shape index (κ3) is 3.78. The summed E-state index contributed by atoms with van der Waals surface area (Å²) in [7, 11) is 0. The lowest BCUT2D eigenvalue weighted by Gasteiger charge is -2.50. The Hall–Kier alpha value is -1.51. The molecule has 156 valence electrons. The van der Waals surface area contributed by atoms with Crippen LogP contribution in [0.3, 0.4) is 0 Å². The van der Waals surface area contributed by atoms with Crippen LogP contribution in [0.25, 0.3) is 0 Å². The molecular weight excluding hydrogens is 437 g/mol. The van der Waals surface area contributed by atoms with E-state index in [1.165, 1.54) is 5.54 Å². The number of allylic oxidation sites excluding steroid dienone is 5. The average molecular weight is 462 g/mol. The normalized spacial score (nSPS) is 32.4. The Balaban J connectivity index is 2.22. The van der Waals surface area contributed by atoms with Gasteiger partial charge in [-0.05, 0) is 54.8 Å². The van der Waals surface area contributed by atoms with E-state index in [4.69, 9.17) is 40.5 Å². The summed E-state index contributed by atoms with van der Waals surface area (Å²) < 4.78 is 0. The Bertz CT molecular complexity index is 950. The largest absolute Gasteiger partial charge is 0.349 e. The molecule has 2 aliphatic rings. The van der Waals surface area contributed by atoms with Crippen LogP contribution in [-0.4, -0.2) is 17.9 Å². The van der Waals surface area contributed by atoms with Crippen molar-refractivity contribution in [2.75, 3.05) is 0 Å². The van der Waals surface area contributed by atoms with Gasteiger partial charge in [-0.25, -0.2) is 5.26 Å². The van der Waals surface area contributed by atoms with Crippen LogP contribution in [0, 0.1) is 23.1 Å². The van der Waals surface area contributed by atoms with Crippen molar-refractivity contribution in [1.82, 2.24) is 0 Å². The summed E-state index contributed by atoms with van der Waals surface area (Å²) in [5.41, 5.74) is 9.61. The molecule has 2 fully saturated rings. The summed E-state index contributed by atoms with van der Waals surface area (Å²) in [6.07, 6.45) is 6.88. The van der Waals surface area contributed by atoms with Crippen molar-refractivity contribution < 1.29 is 4.79 Å². The van der Waals surface area contributed by atoms with Gasteiger partial charge < -0.3 is 10.5 Å². The number of hydrogen-bond acceptors (Lipinski definition) is 3. The Labute approximate surface area is 193 Å². The fourth-order valence-corrected chi connectivity index (χ4v) is 5.86. The van der Waals surface area contributed by atoms with Gasteiger partial charge in [0.15, 0.2) is 0 Å². The number of carbonyl (C=O) groups is 1. The van der Waals surface area contributed by atoms with Gasteiger partial charge in [-0.1, -0.05) is 72.1 Å². The average Bonchev–Trinajstić information content (AvgIpc) is 2.93. The smallest absolute Gasteiger partial charge is 0.324 e. The van der Waals surface area contributed by atoms with E-state index in [0.29, 0.717) is 16.5 Å². The highest BCUT2D eigenvalue weighted by molar-refractivity contribution is 6.98. The zero-order valence-electron chi connectivity index (χ0n) is 17.0. The number of rotatable bonds is 4. The third-order valence-corrected chi connectivity index (χ3v) is 7.73. The van der Waals surface area contributed by atoms with Crippen molar-refractivity contribution in [3.05, 3.63) is 69.2 Å². The van der Waals surface area contributed by atoms with Gasteiger partial charge in [-0.3, -0.25) is 0 Å². The minimum Gasteiger partial charge on any atom is -0.324 e. The lowest BCUT2D eigenvalue weighted by molar-refractivity contribution is -0.117. The van der Waals surface area contributed by atoms with Crippen LogP contribution in [0.5, 0.6) is 0 Å².